The van der Waals surface area contributed by atoms with Crippen molar-refractivity contribution in [2.75, 3.05) is 5.73 Å². The molecule has 0 amide bonds. The van der Waals surface area contributed by atoms with Gasteiger partial charge in [0.05, 0.1) is 16.3 Å². The number of thiazole rings is 1. The number of hydrogen-bond acceptors (Lipinski definition) is 4. The van der Waals surface area contributed by atoms with Crippen molar-refractivity contribution in [1.29, 1.82) is 0 Å². The first kappa shape index (κ1) is 18.9. The first-order chi connectivity index (χ1) is 12.2. The van der Waals surface area contributed by atoms with Crippen molar-refractivity contribution < 1.29 is 18.0 Å². The molecule has 0 saturated heterocycles. The molecule has 2 N–H and O–H groups in total. The number of anilines is 1. The zero-order chi connectivity index (χ0) is 19.1. The Labute approximate surface area is 163 Å². The smallest absolute Gasteiger partial charge is 0.375 e. The van der Waals surface area contributed by atoms with E-state index < -0.39 is 17.5 Å². The first-order valence-electron chi connectivity index (χ1n) is 7.10. The highest BCUT2D eigenvalue weighted by molar-refractivity contribution is 9.10. The predicted octanol–water partition coefficient (Wildman–Crippen LogP) is 6.06. The van der Waals surface area contributed by atoms with E-state index in [1.165, 1.54) is 12.1 Å². The Balaban J connectivity index is 2.16. The van der Waals surface area contributed by atoms with Crippen LogP contribution in [0.4, 0.5) is 18.3 Å². The fourth-order valence-corrected chi connectivity index (χ4v) is 3.87. The zero-order valence-corrected chi connectivity index (χ0v) is 15.9. The highest BCUT2D eigenvalue weighted by atomic mass is 79.9. The number of carbonyl (C=O) groups is 1. The summed E-state index contributed by atoms with van der Waals surface area (Å²) < 4.78 is 39.5. The van der Waals surface area contributed by atoms with Crippen molar-refractivity contribution in [3.05, 3.63) is 68.0 Å². The minimum atomic E-state index is -4.53. The minimum Gasteiger partial charge on any atom is -0.375 e. The second-order valence-corrected chi connectivity index (χ2v) is 7.62. The molecule has 0 spiro atoms. The summed E-state index contributed by atoms with van der Waals surface area (Å²) in [7, 11) is 0. The summed E-state index contributed by atoms with van der Waals surface area (Å²) in [5.74, 6) is -0.451. The summed E-state index contributed by atoms with van der Waals surface area (Å²) in [5, 5.41) is 0.310. The van der Waals surface area contributed by atoms with Gasteiger partial charge in [-0.05, 0) is 30.3 Å². The number of rotatable bonds is 3. The van der Waals surface area contributed by atoms with Gasteiger partial charge < -0.3 is 5.73 Å². The summed E-state index contributed by atoms with van der Waals surface area (Å²) in [5.41, 5.74) is 5.31. The highest BCUT2D eigenvalue weighted by Crippen LogP contribution is 2.38. The lowest BCUT2D eigenvalue weighted by Gasteiger charge is -2.10. The maximum atomic E-state index is 13.1. The van der Waals surface area contributed by atoms with Gasteiger partial charge in [-0.1, -0.05) is 51.0 Å². The SMILES string of the molecule is Nc1nc(-c2cc(Br)cc(C(F)(F)F)c2)c(C(=O)c2ccccc2Cl)s1. The summed E-state index contributed by atoms with van der Waals surface area (Å²) >= 11 is 10.0. The molecule has 2 aromatic carbocycles. The molecule has 0 unspecified atom stereocenters. The molecule has 0 radical (unpaired) electrons. The molecule has 26 heavy (non-hydrogen) atoms. The Hall–Kier alpha value is -1.90. The molecular weight excluding hydrogens is 453 g/mol. The van der Waals surface area contributed by atoms with Crippen LogP contribution in [-0.2, 0) is 6.18 Å². The minimum absolute atomic E-state index is 0.0731. The number of benzene rings is 2. The molecule has 1 aromatic heterocycles. The second-order valence-electron chi connectivity index (χ2n) is 5.27. The van der Waals surface area contributed by atoms with Crippen LogP contribution in [0.1, 0.15) is 20.8 Å². The van der Waals surface area contributed by atoms with E-state index in [0.717, 1.165) is 23.5 Å². The maximum absolute atomic E-state index is 13.1. The number of aromatic nitrogens is 1. The van der Waals surface area contributed by atoms with Gasteiger partial charge in [-0.15, -0.1) is 0 Å². The van der Waals surface area contributed by atoms with E-state index in [9.17, 15) is 18.0 Å². The quantitative estimate of drug-likeness (QED) is 0.483. The molecule has 3 nitrogen and oxygen atoms in total. The number of alkyl halides is 3. The van der Waals surface area contributed by atoms with Crippen LogP contribution in [0.3, 0.4) is 0 Å². The van der Waals surface area contributed by atoms with Crippen molar-refractivity contribution >= 4 is 49.8 Å². The Kier molecular flexibility index (Phi) is 5.09. The Morgan fingerprint density at radius 2 is 1.88 bits per heavy atom. The van der Waals surface area contributed by atoms with Gasteiger partial charge in [-0.2, -0.15) is 13.2 Å². The summed E-state index contributed by atoms with van der Waals surface area (Å²) in [6.45, 7) is 0. The number of halogens is 5. The number of nitrogen functional groups attached to an aromatic ring is 1. The van der Waals surface area contributed by atoms with E-state index in [1.54, 1.807) is 18.2 Å². The van der Waals surface area contributed by atoms with Crippen LogP contribution < -0.4 is 5.73 Å². The van der Waals surface area contributed by atoms with Crippen molar-refractivity contribution in [3.8, 4) is 11.3 Å². The van der Waals surface area contributed by atoms with Crippen LogP contribution in [0.5, 0.6) is 0 Å². The molecule has 3 rings (SSSR count). The van der Waals surface area contributed by atoms with Crippen molar-refractivity contribution in [1.82, 2.24) is 4.98 Å². The van der Waals surface area contributed by atoms with Crippen molar-refractivity contribution in [3.63, 3.8) is 0 Å². The lowest BCUT2D eigenvalue weighted by atomic mass is 10.0. The number of hydrogen-bond donors (Lipinski definition) is 1. The summed E-state index contributed by atoms with van der Waals surface area (Å²) in [4.78, 5) is 17.0. The monoisotopic (exact) mass is 460 g/mol. The topological polar surface area (TPSA) is 56.0 Å². The van der Waals surface area contributed by atoms with E-state index in [2.05, 4.69) is 20.9 Å². The molecule has 0 saturated carbocycles. The lowest BCUT2D eigenvalue weighted by Crippen LogP contribution is -2.06. The van der Waals surface area contributed by atoms with E-state index in [4.69, 9.17) is 17.3 Å². The maximum Gasteiger partial charge on any atom is 0.416 e. The van der Waals surface area contributed by atoms with Gasteiger partial charge in [0.2, 0.25) is 5.78 Å². The predicted molar refractivity (Wildman–Crippen MR) is 99.5 cm³/mol. The van der Waals surface area contributed by atoms with Crippen LogP contribution in [0.15, 0.2) is 46.9 Å². The standard InChI is InChI=1S/C17H9BrClF3N2OS/c18-10-6-8(5-9(7-10)17(20,21)22)13-15(26-16(23)24-13)14(25)11-3-1-2-4-12(11)19/h1-7H,(H2,23,24). The van der Waals surface area contributed by atoms with Crippen molar-refractivity contribution in [2.24, 2.45) is 0 Å². The average molecular weight is 462 g/mol. The molecule has 0 atom stereocenters. The van der Waals surface area contributed by atoms with Crippen LogP contribution in [0.25, 0.3) is 11.3 Å². The van der Waals surface area contributed by atoms with E-state index in [0.29, 0.717) is 0 Å². The number of carbonyl (C=O) groups excluding carboxylic acids is 1. The molecule has 9 heteroatoms. The van der Waals surface area contributed by atoms with Gasteiger partial charge in [0, 0.05) is 15.6 Å². The molecule has 0 aliphatic carbocycles. The van der Waals surface area contributed by atoms with E-state index in [-0.39, 0.29) is 36.3 Å². The Morgan fingerprint density at radius 3 is 2.54 bits per heavy atom. The molecule has 0 fully saturated rings. The molecule has 134 valence electrons. The van der Waals surface area contributed by atoms with E-state index in [1.807, 2.05) is 0 Å². The molecule has 0 aliphatic rings. The summed E-state index contributed by atoms with van der Waals surface area (Å²) in [6.07, 6.45) is -4.53. The number of nitrogens with two attached hydrogens (primary N) is 1. The third kappa shape index (κ3) is 3.77. The normalized spacial score (nSPS) is 11.6. The van der Waals surface area contributed by atoms with Gasteiger partial charge in [0.15, 0.2) is 5.13 Å². The van der Waals surface area contributed by atoms with Gasteiger partial charge in [0.25, 0.3) is 0 Å². The van der Waals surface area contributed by atoms with Crippen molar-refractivity contribution in [2.45, 2.75) is 6.18 Å². The van der Waals surface area contributed by atoms with Gasteiger partial charge in [-0.25, -0.2) is 4.98 Å². The third-order valence-electron chi connectivity index (χ3n) is 3.47. The Bertz CT molecular complexity index is 1000. The van der Waals surface area contributed by atoms with E-state index >= 15 is 0 Å². The second kappa shape index (κ2) is 7.02. The molecule has 1 heterocycles. The third-order valence-corrected chi connectivity index (χ3v) is 5.14. The van der Waals surface area contributed by atoms with Crippen LogP contribution in [0, 0.1) is 0 Å². The highest BCUT2D eigenvalue weighted by Gasteiger charge is 2.32. The lowest BCUT2D eigenvalue weighted by molar-refractivity contribution is -0.137. The largest absolute Gasteiger partial charge is 0.416 e. The fourth-order valence-electron chi connectivity index (χ4n) is 2.34. The molecule has 0 bridgehead atoms. The number of nitrogens with zero attached hydrogens (tertiary/aromatic N) is 1. The van der Waals surface area contributed by atoms with Gasteiger partial charge in [0.1, 0.15) is 4.88 Å². The summed E-state index contributed by atoms with van der Waals surface area (Å²) in [6, 6.07) is 9.74. The van der Waals surface area contributed by atoms with Crippen LogP contribution in [-0.4, -0.2) is 10.8 Å². The molecule has 3 aromatic rings. The van der Waals surface area contributed by atoms with Crippen LogP contribution >= 0.6 is 38.9 Å². The number of ketones is 1. The molecular formula is C17H9BrClF3N2OS. The zero-order valence-electron chi connectivity index (χ0n) is 12.8. The fraction of sp³-hybridized carbons (Fsp3) is 0.0588. The first-order valence-corrected chi connectivity index (χ1v) is 9.09. The average Bonchev–Trinajstić information content (AvgIpc) is 2.95. The van der Waals surface area contributed by atoms with Gasteiger partial charge in [-0.3, -0.25) is 4.79 Å². The Morgan fingerprint density at radius 1 is 1.19 bits per heavy atom. The van der Waals surface area contributed by atoms with Crippen LogP contribution in [0.2, 0.25) is 5.02 Å². The molecule has 0 aliphatic heterocycles. The van der Waals surface area contributed by atoms with Gasteiger partial charge >= 0.3 is 6.18 Å².